The minimum absolute atomic E-state index is 0.0536. The molecule has 0 spiro atoms. The molecule has 15 aromatic rings. The molecule has 7 aliphatic rings. The summed E-state index contributed by atoms with van der Waals surface area (Å²) in [6, 6.07) is 61.7. The number of imidazole rings is 1. The number of phenols is 1. The molecule has 0 fully saturated rings. The van der Waals surface area contributed by atoms with Crippen molar-refractivity contribution in [3.63, 3.8) is 0 Å². The van der Waals surface area contributed by atoms with E-state index in [4.69, 9.17) is 44.8 Å². The number of Topliss-reactive ketones (excluding diaryl/α,β-unsaturated/α-hetero) is 4. The van der Waals surface area contributed by atoms with Crippen LogP contribution in [0.4, 0.5) is 11.5 Å². The number of anilines is 1. The Morgan fingerprint density at radius 3 is 2.02 bits per heavy atom. The molecular weight excluding hydrogens is 1770 g/mol. The molecule has 1 aliphatic heterocycles. The number of pyridine rings is 2. The maximum absolute atomic E-state index is 13.2. The molecule has 2 unspecified atom stereocenters. The number of ketones is 5. The number of allylic oxidation sites excluding steroid dienone is 5. The second kappa shape index (κ2) is 37.8. The fourth-order valence-corrected chi connectivity index (χ4v) is 20.4. The first kappa shape index (κ1) is 90.7. The van der Waals surface area contributed by atoms with Crippen molar-refractivity contribution in [3.05, 3.63) is 375 Å². The largest absolute Gasteiger partial charge is 0.507 e. The van der Waals surface area contributed by atoms with Gasteiger partial charge in [0, 0.05) is 126 Å². The number of H-pyrrole nitrogens is 2. The first-order valence-electron chi connectivity index (χ1n) is 42.1. The van der Waals surface area contributed by atoms with Gasteiger partial charge in [-0.25, -0.2) is 37.5 Å². The van der Waals surface area contributed by atoms with Crippen LogP contribution in [0.25, 0.3) is 49.8 Å². The number of nitrogens with one attached hydrogen (secondary N) is 4. The Morgan fingerprint density at radius 2 is 1.36 bits per heavy atom. The molecule has 131 heavy (non-hydrogen) atoms. The normalized spacial score (nSPS) is 15.7. The molecule has 8 heterocycles. The molecule has 0 saturated heterocycles. The van der Waals surface area contributed by atoms with Gasteiger partial charge in [-0.2, -0.15) is 4.36 Å². The van der Waals surface area contributed by atoms with Crippen LogP contribution in [-0.2, 0) is 62.5 Å². The minimum atomic E-state index is -3.85. The average molecular weight is 1860 g/mol. The molecule has 0 amide bonds. The number of hydrogen-bond acceptors (Lipinski definition) is 23. The van der Waals surface area contributed by atoms with Crippen molar-refractivity contribution in [1.82, 2.24) is 39.6 Å². The zero-order valence-corrected chi connectivity index (χ0v) is 77.5. The van der Waals surface area contributed by atoms with Gasteiger partial charge in [-0.15, -0.1) is 11.3 Å². The standard InChI is InChI=1S/C27H34N2O2.C22H17NO6S.C13H9N3O2S.C12H9NS.C10H4Cl2O2.C10H7NS.C9H8N2/c1-26(2,3)19-16-21(25(30)22(17-19)27(4,5)6)24(29-23-10-8-9-15-28-23)18-11-13-20(31-7)14-12-18;1-22-4-2-3-10-9-29-20(15(10)22)18(25)13-7-11-12(8-14(13)22)19(26)21-16(17(11)24)23-5-6-30(21,27)28;1-18-13(17)11-5-9-8-4-7(16-19)2-3-10(8)15-12(9)6-14-11;1-2-4-10-9(3-1)5-6-11(10)12-13-7-8-14-12;11-7-8(12)10(14)6-4-2-1-3-5(6)9(7)13;1-2-4-8-7(3-1)5-10-9(8)6-11-12-10;1-2-4-8(5-3-1)9-6-10-7-11-9/h8-17,24,30H,1-7H3,(H,28,29);7-9,23H,2-6H2,1H3;2-6,15H,1H3;1-4,6-8H,5H2;1-4H;1-4,6H,5H2;1-7H,(H,10,11). The Bertz CT molecular complexity index is 7190. The van der Waals surface area contributed by atoms with E-state index in [9.17, 15) is 42.3 Å². The number of aromatic hydroxyl groups is 1. The van der Waals surface area contributed by atoms with Crippen LogP contribution in [-0.4, -0.2) is 109 Å². The highest BCUT2D eigenvalue weighted by Crippen LogP contribution is 2.52. The number of esters is 1. The average Bonchev–Trinajstić information content (AvgIpc) is 1.50. The number of carbonyl (C=O) groups excluding carboxylic acids is 6. The number of carbonyl (C=O) groups is 6. The van der Waals surface area contributed by atoms with Crippen LogP contribution in [0.2, 0.25) is 0 Å². The topological polar surface area (TPSA) is 321 Å². The number of aromatic nitrogens is 7. The third kappa shape index (κ3) is 18.4. The maximum atomic E-state index is 13.2. The first-order valence-corrected chi connectivity index (χ1v) is 46.5. The number of aromatic amines is 2. The highest BCUT2D eigenvalue weighted by atomic mass is 35.5. The van der Waals surface area contributed by atoms with E-state index in [0.29, 0.717) is 39.5 Å². The Labute approximate surface area is 779 Å². The highest BCUT2D eigenvalue weighted by Gasteiger charge is 2.49. The van der Waals surface area contributed by atoms with Crippen molar-refractivity contribution >= 4 is 142 Å². The number of aryl methyl sites for hydroxylation is 1. The van der Waals surface area contributed by atoms with Crippen molar-refractivity contribution in [3.8, 4) is 33.9 Å². The predicted molar refractivity (Wildman–Crippen MR) is 516 cm³/mol. The van der Waals surface area contributed by atoms with E-state index in [0.717, 1.165) is 104 Å². The SMILES string of the molecule is C1=C(c2nccs2)c2ccccc2C1.CC12CCCc3coc(c31)C(=O)c1cc3c(cc12)C(=O)C1=C(NCCS1(=O)=O)C3=O.COC(=O)c1cc2c(cn1)[nH]c1ccc(N=S)cc12.COc1ccc(C(Nc2ccccn2)c2cc(C(C)(C)C)cc(C(C)(C)C)c2O)cc1.O=C1C(Cl)=C(Cl)C(=O)c2ccccc21.c1ccc(-c2cnc[nH]2)cc1.c1ccc2c(c1)Cc1sncc1-2. The Kier molecular flexibility index (Phi) is 26.2. The summed E-state index contributed by atoms with van der Waals surface area (Å²) in [5.74, 6) is -0.875. The molecule has 22 rings (SSSR count). The molecular formula is C103H88Cl2N10O12S4. The van der Waals surface area contributed by atoms with E-state index in [2.05, 4.69) is 162 Å². The van der Waals surface area contributed by atoms with Gasteiger partial charge in [-0.3, -0.25) is 24.0 Å². The number of halogens is 2. The molecule has 7 aromatic heterocycles. The Hall–Kier alpha value is -13.6. The summed E-state index contributed by atoms with van der Waals surface area (Å²) < 4.78 is 48.7. The van der Waals surface area contributed by atoms with Gasteiger partial charge in [0.25, 0.3) is 0 Å². The summed E-state index contributed by atoms with van der Waals surface area (Å²) in [7, 11) is -0.855. The van der Waals surface area contributed by atoms with E-state index in [-0.39, 0.29) is 67.5 Å². The van der Waals surface area contributed by atoms with E-state index < -0.39 is 49.3 Å². The van der Waals surface area contributed by atoms with Crippen LogP contribution < -0.4 is 15.4 Å². The lowest BCUT2D eigenvalue weighted by Crippen LogP contribution is -2.42. The number of phenolic OH excluding ortho intramolecular Hbond substituents is 1. The molecule has 5 N–H and O–H groups in total. The number of rotatable bonds is 9. The van der Waals surface area contributed by atoms with Crippen LogP contribution in [0.5, 0.6) is 11.5 Å². The summed E-state index contributed by atoms with van der Waals surface area (Å²) in [6.45, 7) is 15.1. The maximum Gasteiger partial charge on any atom is 0.356 e. The number of fused-ring (bicyclic) bond motifs is 11. The second-order valence-electron chi connectivity index (χ2n) is 34.1. The third-order valence-corrected chi connectivity index (χ3v) is 28.1. The molecule has 22 nitrogen and oxygen atoms in total. The van der Waals surface area contributed by atoms with Crippen LogP contribution in [0, 0.1) is 0 Å². The minimum Gasteiger partial charge on any atom is -0.507 e. The summed E-state index contributed by atoms with van der Waals surface area (Å²) >= 11 is 19.3. The number of thiazole rings is 1. The number of methoxy groups -OCH3 is 2. The fraction of sp³-hybridized carbons (Fsp3) is 0.194. The molecule has 0 saturated carbocycles. The molecule has 0 bridgehead atoms. The summed E-state index contributed by atoms with van der Waals surface area (Å²) in [4.78, 5) is 98.2. The van der Waals surface area contributed by atoms with E-state index in [1.165, 1.54) is 62.6 Å². The van der Waals surface area contributed by atoms with Gasteiger partial charge < -0.3 is 39.6 Å². The van der Waals surface area contributed by atoms with Crippen molar-refractivity contribution in [2.24, 2.45) is 4.36 Å². The quantitative estimate of drug-likeness (QED) is 0.0838. The van der Waals surface area contributed by atoms with Crippen molar-refractivity contribution in [1.29, 1.82) is 0 Å². The van der Waals surface area contributed by atoms with Gasteiger partial charge in [-0.05, 0) is 170 Å². The van der Waals surface area contributed by atoms with Gasteiger partial charge >= 0.3 is 5.97 Å². The van der Waals surface area contributed by atoms with E-state index in [1.807, 2.05) is 122 Å². The number of furan rings is 1. The number of nitrogens with zero attached hydrogens (tertiary/aromatic N) is 6. The summed E-state index contributed by atoms with van der Waals surface area (Å²) in [5, 5.41) is 22.4. The number of ether oxygens (including phenoxy) is 2. The number of hydrogen-bond donors (Lipinski definition) is 5. The monoisotopic (exact) mass is 1850 g/mol. The first-order chi connectivity index (χ1) is 63.0. The van der Waals surface area contributed by atoms with Gasteiger partial charge in [0.1, 0.15) is 48.7 Å². The summed E-state index contributed by atoms with van der Waals surface area (Å²) in [5.41, 5.74) is 19.8. The lowest BCUT2D eigenvalue weighted by molar-refractivity contribution is 0.0593. The van der Waals surface area contributed by atoms with E-state index in [1.54, 1.807) is 91.4 Å². The Morgan fingerprint density at radius 1 is 0.672 bits per heavy atom. The Balaban J connectivity index is 0.000000116. The number of sulfone groups is 1. The molecule has 2 atom stereocenters. The van der Waals surface area contributed by atoms with Crippen molar-refractivity contribution in [2.75, 3.05) is 31.8 Å². The van der Waals surface area contributed by atoms with Gasteiger partial charge in [0.15, 0.2) is 15.6 Å². The fourth-order valence-electron chi connectivity index (χ4n) is 17.0. The van der Waals surface area contributed by atoms with Gasteiger partial charge in [-0.1, -0.05) is 205 Å². The van der Waals surface area contributed by atoms with Crippen molar-refractivity contribution in [2.45, 2.75) is 103 Å². The van der Waals surface area contributed by atoms with E-state index >= 15 is 0 Å². The lowest BCUT2D eigenvalue weighted by atomic mass is 9.62. The van der Waals surface area contributed by atoms with Gasteiger partial charge in [0.05, 0.1) is 67.9 Å². The predicted octanol–water partition coefficient (Wildman–Crippen LogP) is 22.2. The van der Waals surface area contributed by atoms with Crippen LogP contribution in [0.1, 0.15) is 201 Å². The highest BCUT2D eigenvalue weighted by molar-refractivity contribution is 7.96. The molecule has 28 heteroatoms. The number of benzene rings is 8. The second-order valence-corrected chi connectivity index (χ2v) is 38.9. The smallest absolute Gasteiger partial charge is 0.356 e. The lowest BCUT2D eigenvalue weighted by Gasteiger charge is -2.39. The zero-order chi connectivity index (χ0) is 92.4. The van der Waals surface area contributed by atoms with Crippen LogP contribution >= 0.6 is 46.1 Å². The molecule has 8 aromatic carbocycles. The van der Waals surface area contributed by atoms with Crippen molar-refractivity contribution < 1.29 is 56.2 Å². The summed E-state index contributed by atoms with van der Waals surface area (Å²) in [6.07, 6.45) is 19.2. The molecule has 660 valence electrons. The molecule has 6 aliphatic carbocycles. The molecule has 0 radical (unpaired) electrons. The van der Waals surface area contributed by atoms with Gasteiger partial charge in [0.2, 0.25) is 28.9 Å². The third-order valence-electron chi connectivity index (χ3n) is 23.8. The van der Waals surface area contributed by atoms with Crippen LogP contribution in [0.3, 0.4) is 0 Å². The zero-order valence-electron chi connectivity index (χ0n) is 72.7. The van der Waals surface area contributed by atoms with Crippen LogP contribution in [0.15, 0.2) is 279 Å².